The summed E-state index contributed by atoms with van der Waals surface area (Å²) in [5.74, 6) is 0.364. The van der Waals surface area contributed by atoms with Gasteiger partial charge in [0.15, 0.2) is 0 Å². The average molecular weight is 418 g/mol. The number of amides is 1. The first-order chi connectivity index (χ1) is 12.6. The molecule has 0 spiro atoms. The van der Waals surface area contributed by atoms with Crippen LogP contribution in [0.15, 0.2) is 46.9 Å². The molecule has 1 fully saturated rings. The molecule has 1 aliphatic rings. The molecule has 5 nitrogen and oxygen atoms in total. The van der Waals surface area contributed by atoms with Crippen molar-refractivity contribution in [2.24, 2.45) is 0 Å². The lowest BCUT2D eigenvalue weighted by atomic mass is 10.1. The van der Waals surface area contributed by atoms with Gasteiger partial charge < -0.3 is 19.9 Å². The number of methoxy groups -OCH3 is 1. The van der Waals surface area contributed by atoms with Crippen molar-refractivity contribution in [3.63, 3.8) is 0 Å². The van der Waals surface area contributed by atoms with Gasteiger partial charge in [0.1, 0.15) is 5.75 Å². The summed E-state index contributed by atoms with van der Waals surface area (Å²) in [5.41, 5.74) is 2.47. The van der Waals surface area contributed by atoms with Crippen LogP contribution in [0.3, 0.4) is 0 Å². The molecule has 6 heteroatoms. The van der Waals surface area contributed by atoms with Gasteiger partial charge in [0, 0.05) is 42.0 Å². The molecule has 0 saturated carbocycles. The number of carbonyl (C=O) groups excluding carboxylic acids is 1. The van der Waals surface area contributed by atoms with E-state index in [1.165, 1.54) is 5.69 Å². The molecule has 1 heterocycles. The number of piperazine rings is 1. The topological polar surface area (TPSA) is 44.8 Å². The van der Waals surface area contributed by atoms with E-state index in [-0.39, 0.29) is 5.91 Å². The Bertz CT molecular complexity index is 756. The van der Waals surface area contributed by atoms with Gasteiger partial charge in [0.2, 0.25) is 0 Å². The number of carbonyl (C=O) groups is 1. The Kier molecular flexibility index (Phi) is 6.16. The SMILES string of the molecule is CCN1CCN(c2ccc(NC(=O)c3cc(Br)ccc3OC)cc2)CC1. The molecule has 3 rings (SSSR count). The molecule has 1 saturated heterocycles. The first kappa shape index (κ1) is 18.7. The highest BCUT2D eigenvalue weighted by Gasteiger charge is 2.16. The maximum Gasteiger partial charge on any atom is 0.259 e. The number of anilines is 2. The molecule has 1 aliphatic heterocycles. The van der Waals surface area contributed by atoms with Crippen molar-refractivity contribution < 1.29 is 9.53 Å². The van der Waals surface area contributed by atoms with E-state index in [9.17, 15) is 4.79 Å². The number of benzene rings is 2. The highest BCUT2D eigenvalue weighted by molar-refractivity contribution is 9.10. The number of ether oxygens (including phenoxy) is 1. The van der Waals surface area contributed by atoms with Crippen LogP contribution in [0.1, 0.15) is 17.3 Å². The zero-order chi connectivity index (χ0) is 18.5. The number of halogens is 1. The molecule has 0 radical (unpaired) electrons. The molecule has 0 unspecified atom stereocenters. The van der Waals surface area contributed by atoms with Crippen LogP contribution < -0.4 is 15.0 Å². The van der Waals surface area contributed by atoms with Crippen LogP contribution in [-0.2, 0) is 0 Å². The fourth-order valence-electron chi connectivity index (χ4n) is 3.13. The maximum absolute atomic E-state index is 12.6. The van der Waals surface area contributed by atoms with E-state index in [0.717, 1.165) is 42.9 Å². The second-order valence-electron chi connectivity index (χ2n) is 6.27. The minimum Gasteiger partial charge on any atom is -0.496 e. The molecule has 26 heavy (non-hydrogen) atoms. The van der Waals surface area contributed by atoms with Crippen molar-refractivity contribution >= 4 is 33.2 Å². The molecule has 0 aromatic heterocycles. The molecule has 1 amide bonds. The van der Waals surface area contributed by atoms with Crippen molar-refractivity contribution in [3.8, 4) is 5.75 Å². The largest absolute Gasteiger partial charge is 0.496 e. The molecular formula is C20H24BrN3O2. The molecule has 2 aromatic rings. The van der Waals surface area contributed by atoms with Gasteiger partial charge in [-0.2, -0.15) is 0 Å². The van der Waals surface area contributed by atoms with Gasteiger partial charge in [-0.3, -0.25) is 4.79 Å². The van der Waals surface area contributed by atoms with Crippen LogP contribution in [0.5, 0.6) is 5.75 Å². The molecule has 0 atom stereocenters. The van der Waals surface area contributed by atoms with E-state index in [2.05, 4.69) is 50.1 Å². The van der Waals surface area contributed by atoms with E-state index in [4.69, 9.17) is 4.74 Å². The molecular weight excluding hydrogens is 394 g/mol. The Hall–Kier alpha value is -2.05. The standard InChI is InChI=1S/C20H24BrN3O2/c1-3-23-10-12-24(13-11-23)17-7-5-16(6-8-17)22-20(25)18-14-15(21)4-9-19(18)26-2/h4-9,14H,3,10-13H2,1-2H3,(H,22,25). The van der Waals surface area contributed by atoms with Gasteiger partial charge in [-0.05, 0) is 49.0 Å². The van der Waals surface area contributed by atoms with Crippen LogP contribution >= 0.6 is 15.9 Å². The summed E-state index contributed by atoms with van der Waals surface area (Å²) in [7, 11) is 1.56. The summed E-state index contributed by atoms with van der Waals surface area (Å²) in [6, 6.07) is 13.4. The minimum absolute atomic E-state index is 0.188. The van der Waals surface area contributed by atoms with E-state index < -0.39 is 0 Å². The Balaban J connectivity index is 1.66. The number of nitrogens with zero attached hydrogens (tertiary/aromatic N) is 2. The van der Waals surface area contributed by atoms with Crippen LogP contribution in [0.2, 0.25) is 0 Å². The van der Waals surface area contributed by atoms with Gasteiger partial charge in [0.25, 0.3) is 5.91 Å². The molecule has 0 aliphatic carbocycles. The first-order valence-electron chi connectivity index (χ1n) is 8.83. The predicted octanol–water partition coefficient (Wildman–Crippen LogP) is 3.85. The van der Waals surface area contributed by atoms with Crippen LogP contribution in [0.25, 0.3) is 0 Å². The van der Waals surface area contributed by atoms with Crippen molar-refractivity contribution in [3.05, 3.63) is 52.5 Å². The molecule has 138 valence electrons. The highest BCUT2D eigenvalue weighted by Crippen LogP contribution is 2.25. The Labute approximate surface area is 163 Å². The Morgan fingerprint density at radius 3 is 2.42 bits per heavy atom. The number of likely N-dealkylation sites (N-methyl/N-ethyl adjacent to an activating group) is 1. The van der Waals surface area contributed by atoms with E-state index in [1.54, 1.807) is 19.2 Å². The third-order valence-corrected chi connectivity index (χ3v) is 5.21. The van der Waals surface area contributed by atoms with Crippen LogP contribution in [-0.4, -0.2) is 50.6 Å². The predicted molar refractivity (Wildman–Crippen MR) is 109 cm³/mol. The summed E-state index contributed by atoms with van der Waals surface area (Å²) in [6.07, 6.45) is 0. The second kappa shape index (κ2) is 8.56. The lowest BCUT2D eigenvalue weighted by Gasteiger charge is -2.35. The minimum atomic E-state index is -0.188. The van der Waals surface area contributed by atoms with Gasteiger partial charge in [-0.15, -0.1) is 0 Å². The van der Waals surface area contributed by atoms with Gasteiger partial charge in [0.05, 0.1) is 12.7 Å². The fourth-order valence-corrected chi connectivity index (χ4v) is 3.50. The fraction of sp³-hybridized carbons (Fsp3) is 0.350. The third kappa shape index (κ3) is 4.37. The average Bonchev–Trinajstić information content (AvgIpc) is 2.68. The van der Waals surface area contributed by atoms with E-state index in [1.807, 2.05) is 18.2 Å². The van der Waals surface area contributed by atoms with Gasteiger partial charge >= 0.3 is 0 Å². The lowest BCUT2D eigenvalue weighted by Crippen LogP contribution is -2.46. The van der Waals surface area contributed by atoms with Crippen molar-refractivity contribution in [2.45, 2.75) is 6.92 Å². The quantitative estimate of drug-likeness (QED) is 0.801. The number of hydrogen-bond acceptors (Lipinski definition) is 4. The monoisotopic (exact) mass is 417 g/mol. The zero-order valence-electron chi connectivity index (χ0n) is 15.2. The van der Waals surface area contributed by atoms with Crippen molar-refractivity contribution in [1.29, 1.82) is 0 Å². The van der Waals surface area contributed by atoms with E-state index >= 15 is 0 Å². The summed E-state index contributed by atoms with van der Waals surface area (Å²) < 4.78 is 6.12. The smallest absolute Gasteiger partial charge is 0.259 e. The number of hydrogen-bond donors (Lipinski definition) is 1. The Morgan fingerprint density at radius 1 is 1.12 bits per heavy atom. The Morgan fingerprint density at radius 2 is 1.81 bits per heavy atom. The molecule has 0 bridgehead atoms. The van der Waals surface area contributed by atoms with Crippen molar-refractivity contribution in [1.82, 2.24) is 4.90 Å². The number of rotatable bonds is 5. The second-order valence-corrected chi connectivity index (χ2v) is 7.18. The lowest BCUT2D eigenvalue weighted by molar-refractivity contribution is 0.102. The summed E-state index contributed by atoms with van der Waals surface area (Å²) in [4.78, 5) is 17.4. The third-order valence-electron chi connectivity index (χ3n) is 4.72. The van der Waals surface area contributed by atoms with Crippen LogP contribution in [0.4, 0.5) is 11.4 Å². The highest BCUT2D eigenvalue weighted by atomic mass is 79.9. The van der Waals surface area contributed by atoms with E-state index in [0.29, 0.717) is 11.3 Å². The van der Waals surface area contributed by atoms with Crippen molar-refractivity contribution in [2.75, 3.05) is 50.1 Å². The maximum atomic E-state index is 12.6. The van der Waals surface area contributed by atoms with Gasteiger partial charge in [-0.1, -0.05) is 22.9 Å². The van der Waals surface area contributed by atoms with Crippen LogP contribution in [0, 0.1) is 0 Å². The summed E-state index contributed by atoms with van der Waals surface area (Å²) >= 11 is 3.40. The number of nitrogens with one attached hydrogen (secondary N) is 1. The molecule has 1 N–H and O–H groups in total. The van der Waals surface area contributed by atoms with Gasteiger partial charge in [-0.25, -0.2) is 0 Å². The first-order valence-corrected chi connectivity index (χ1v) is 9.62. The molecule has 2 aromatic carbocycles. The summed E-state index contributed by atoms with van der Waals surface area (Å²) in [5, 5.41) is 2.94. The zero-order valence-corrected chi connectivity index (χ0v) is 16.8. The summed E-state index contributed by atoms with van der Waals surface area (Å²) in [6.45, 7) is 7.57. The normalized spacial score (nSPS) is 15.0.